The Morgan fingerprint density at radius 2 is 1.95 bits per heavy atom. The molecule has 0 aliphatic carbocycles. The maximum atomic E-state index is 4.46. The van der Waals surface area contributed by atoms with Crippen LogP contribution in [0.15, 0.2) is 11.2 Å². The lowest BCUT2D eigenvalue weighted by Gasteiger charge is -2.26. The molecule has 2 heterocycles. The number of nitrogens with one attached hydrogen (secondary N) is 2. The second-order valence-corrected chi connectivity index (χ2v) is 8.93. The molecule has 0 atom stereocenters. The van der Waals surface area contributed by atoms with E-state index < -0.39 is 0 Å². The minimum absolute atomic E-state index is 0.00170. The molecule has 2 rings (SSSR count). The summed E-state index contributed by atoms with van der Waals surface area (Å²) in [6.07, 6.45) is 2.93. The highest BCUT2D eigenvalue weighted by Gasteiger charge is 2.23. The van der Waals surface area contributed by atoms with Crippen LogP contribution in [0.1, 0.15) is 39.5 Å². The van der Waals surface area contributed by atoms with Gasteiger partial charge in [-0.1, -0.05) is 11.8 Å². The van der Waals surface area contributed by atoms with Crippen LogP contribution in [0.4, 0.5) is 5.13 Å². The van der Waals surface area contributed by atoms with Gasteiger partial charge in [0.1, 0.15) is 0 Å². The summed E-state index contributed by atoms with van der Waals surface area (Å²) in [4.78, 5) is 10.2. The van der Waals surface area contributed by atoms with E-state index in [9.17, 15) is 0 Å². The van der Waals surface area contributed by atoms with Crippen LogP contribution < -0.4 is 10.6 Å². The van der Waals surface area contributed by atoms with E-state index in [0.29, 0.717) is 0 Å². The van der Waals surface area contributed by atoms with E-state index in [4.69, 9.17) is 0 Å². The first-order valence-corrected chi connectivity index (χ1v) is 8.72. The number of thiazole rings is 1. The lowest BCUT2D eigenvalue weighted by atomic mass is 10.0. The summed E-state index contributed by atoms with van der Waals surface area (Å²) in [5.74, 6) is 1.10. The van der Waals surface area contributed by atoms with E-state index in [1.807, 2.05) is 18.0 Å². The number of amidine groups is 1. The number of rotatable bonds is 4. The molecular formula is C14H24N4S2. The summed E-state index contributed by atoms with van der Waals surface area (Å²) in [6, 6.07) is 0. The van der Waals surface area contributed by atoms with Crippen LogP contribution in [0.25, 0.3) is 0 Å². The molecule has 0 saturated heterocycles. The molecule has 1 aliphatic heterocycles. The van der Waals surface area contributed by atoms with Crippen molar-refractivity contribution in [1.82, 2.24) is 10.3 Å². The van der Waals surface area contributed by atoms with Crippen molar-refractivity contribution in [2.75, 3.05) is 17.6 Å². The largest absolute Gasteiger partial charge is 0.360 e. The summed E-state index contributed by atoms with van der Waals surface area (Å²) in [5.41, 5.74) is 0.0554. The van der Waals surface area contributed by atoms with Crippen molar-refractivity contribution in [1.29, 1.82) is 0 Å². The molecule has 4 nitrogen and oxygen atoms in total. The highest BCUT2D eigenvalue weighted by Crippen LogP contribution is 2.25. The van der Waals surface area contributed by atoms with Gasteiger partial charge in [0.2, 0.25) is 0 Å². The lowest BCUT2D eigenvalue weighted by Crippen LogP contribution is -2.43. The van der Waals surface area contributed by atoms with Crippen LogP contribution in [-0.4, -0.2) is 33.5 Å². The normalized spacial score (nSPS) is 16.1. The average Bonchev–Trinajstić information content (AvgIpc) is 2.87. The third-order valence-corrected chi connectivity index (χ3v) is 4.49. The van der Waals surface area contributed by atoms with Gasteiger partial charge in [-0.05, 0) is 34.6 Å². The molecular weight excluding hydrogens is 288 g/mol. The maximum Gasteiger partial charge on any atom is 0.183 e. The van der Waals surface area contributed by atoms with Gasteiger partial charge in [0.25, 0.3) is 0 Å². The van der Waals surface area contributed by atoms with E-state index in [-0.39, 0.29) is 11.1 Å². The van der Waals surface area contributed by atoms with Gasteiger partial charge < -0.3 is 10.6 Å². The van der Waals surface area contributed by atoms with E-state index >= 15 is 0 Å². The van der Waals surface area contributed by atoms with Gasteiger partial charge in [0.15, 0.2) is 10.3 Å². The molecule has 0 radical (unpaired) electrons. The van der Waals surface area contributed by atoms with Gasteiger partial charge in [-0.15, -0.1) is 11.3 Å². The molecule has 0 saturated carbocycles. The molecule has 0 spiro atoms. The molecule has 0 amide bonds. The monoisotopic (exact) mass is 312 g/mol. The predicted octanol–water partition coefficient (Wildman–Crippen LogP) is 3.37. The van der Waals surface area contributed by atoms with Crippen LogP contribution >= 0.6 is 23.1 Å². The quantitative estimate of drug-likeness (QED) is 0.895. The first kappa shape index (κ1) is 15.6. The predicted molar refractivity (Wildman–Crippen MR) is 91.2 cm³/mol. The fraction of sp³-hybridized carbons (Fsp3) is 0.714. The Balaban J connectivity index is 1.95. The highest BCUT2D eigenvalue weighted by atomic mass is 32.2. The van der Waals surface area contributed by atoms with E-state index in [1.54, 1.807) is 11.3 Å². The zero-order chi connectivity index (χ0) is 14.8. The van der Waals surface area contributed by atoms with E-state index in [1.165, 1.54) is 4.88 Å². The number of hydrogen-bond acceptors (Lipinski definition) is 6. The number of thioether (sulfide) groups is 1. The van der Waals surface area contributed by atoms with Crippen molar-refractivity contribution >= 4 is 33.4 Å². The molecule has 20 heavy (non-hydrogen) atoms. The number of anilines is 1. The van der Waals surface area contributed by atoms with Gasteiger partial charge in [0.05, 0.1) is 6.54 Å². The van der Waals surface area contributed by atoms with Crippen molar-refractivity contribution < 1.29 is 0 Å². The number of hydrogen-bond donors (Lipinski definition) is 2. The second-order valence-electron chi connectivity index (χ2n) is 6.73. The van der Waals surface area contributed by atoms with Crippen molar-refractivity contribution in [3.05, 3.63) is 11.1 Å². The summed E-state index contributed by atoms with van der Waals surface area (Å²) < 4.78 is 0. The molecule has 0 unspecified atom stereocenters. The van der Waals surface area contributed by atoms with Crippen LogP contribution in [-0.2, 0) is 6.42 Å². The third-order valence-electron chi connectivity index (χ3n) is 2.68. The van der Waals surface area contributed by atoms with Crippen molar-refractivity contribution in [3.8, 4) is 0 Å². The van der Waals surface area contributed by atoms with Crippen LogP contribution in [0.3, 0.4) is 0 Å². The zero-order valence-electron chi connectivity index (χ0n) is 12.9. The zero-order valence-corrected chi connectivity index (χ0v) is 14.5. The molecule has 1 aromatic rings. The smallest absolute Gasteiger partial charge is 0.183 e. The number of nitrogens with zero attached hydrogens (tertiary/aromatic N) is 2. The highest BCUT2D eigenvalue weighted by molar-refractivity contribution is 8.14. The Morgan fingerprint density at radius 3 is 2.55 bits per heavy atom. The van der Waals surface area contributed by atoms with Crippen LogP contribution in [0.2, 0.25) is 0 Å². The van der Waals surface area contributed by atoms with Crippen molar-refractivity contribution in [3.63, 3.8) is 0 Å². The molecule has 6 heteroatoms. The summed E-state index contributed by atoms with van der Waals surface area (Å²) in [6.45, 7) is 11.8. The first-order chi connectivity index (χ1) is 9.23. The van der Waals surface area contributed by atoms with Gasteiger partial charge in [-0.25, -0.2) is 4.98 Å². The van der Waals surface area contributed by atoms with E-state index in [2.05, 4.69) is 55.2 Å². The molecule has 2 N–H and O–H groups in total. The second kappa shape index (κ2) is 5.93. The van der Waals surface area contributed by atoms with Crippen molar-refractivity contribution in [2.24, 2.45) is 4.99 Å². The lowest BCUT2D eigenvalue weighted by molar-refractivity contribution is 0.464. The Bertz CT molecular complexity index is 486. The van der Waals surface area contributed by atoms with Gasteiger partial charge in [-0.2, -0.15) is 0 Å². The number of aliphatic imine (C=N–C) groups is 1. The minimum Gasteiger partial charge on any atom is -0.360 e. The summed E-state index contributed by atoms with van der Waals surface area (Å²) in [7, 11) is 0. The Kier molecular flexibility index (Phi) is 4.64. The fourth-order valence-corrected chi connectivity index (χ4v) is 4.10. The third kappa shape index (κ3) is 4.98. The molecule has 0 fully saturated rings. The summed E-state index contributed by atoms with van der Waals surface area (Å²) in [5, 5.41) is 9.02. The number of aromatic nitrogens is 1. The Labute approximate surface area is 129 Å². The molecule has 0 bridgehead atoms. The first-order valence-electron chi connectivity index (χ1n) is 6.92. The molecule has 1 aliphatic rings. The van der Waals surface area contributed by atoms with Crippen LogP contribution in [0.5, 0.6) is 0 Å². The standard InChI is InChI=1S/C14H24N4S2/c1-13(2,3)17-12-16-9-10(20-12)8-14(4,5)18-11-15-6-7-19-11/h9H,6-8H2,1-5H3,(H,15,18)(H,16,17). The molecule has 1 aromatic heterocycles. The Hall–Kier alpha value is -0.750. The summed E-state index contributed by atoms with van der Waals surface area (Å²) >= 11 is 3.54. The van der Waals surface area contributed by atoms with E-state index in [0.717, 1.165) is 29.0 Å². The van der Waals surface area contributed by atoms with Gasteiger partial charge in [-0.3, -0.25) is 4.99 Å². The molecule has 0 aromatic carbocycles. The fourth-order valence-electron chi connectivity index (χ4n) is 1.95. The minimum atomic E-state index is 0.00170. The van der Waals surface area contributed by atoms with Crippen molar-refractivity contribution in [2.45, 2.75) is 52.1 Å². The SMILES string of the molecule is CC(C)(C)Nc1ncc(CC(C)(C)NC2=NCCS2)s1. The van der Waals surface area contributed by atoms with Gasteiger partial charge >= 0.3 is 0 Å². The maximum absolute atomic E-state index is 4.46. The Morgan fingerprint density at radius 1 is 1.20 bits per heavy atom. The topological polar surface area (TPSA) is 49.3 Å². The average molecular weight is 313 g/mol. The van der Waals surface area contributed by atoms with Crippen LogP contribution in [0, 0.1) is 0 Å². The molecule has 112 valence electrons. The van der Waals surface area contributed by atoms with Gasteiger partial charge in [0, 0.05) is 34.3 Å².